The van der Waals surface area contributed by atoms with Crippen molar-refractivity contribution < 1.29 is 96.5 Å². The molecule has 2 saturated heterocycles. The topological polar surface area (TPSA) is 706 Å². The third kappa shape index (κ3) is 33.0. The summed E-state index contributed by atoms with van der Waals surface area (Å²) >= 11 is 8.05. The van der Waals surface area contributed by atoms with E-state index in [0.717, 1.165) is 0 Å². The van der Waals surface area contributed by atoms with E-state index in [1.807, 2.05) is 0 Å². The number of rotatable bonds is 53. The smallest absolute Gasteiger partial charge is 0.305 e. The number of aromatic nitrogens is 2. The van der Waals surface area contributed by atoms with E-state index < -0.39 is 205 Å². The molecule has 48 heteroatoms. The van der Waals surface area contributed by atoms with Crippen LogP contribution in [0.25, 0.3) is 21.8 Å². The van der Waals surface area contributed by atoms with Crippen molar-refractivity contribution in [3.05, 3.63) is 72.1 Å². The lowest BCUT2D eigenvalue weighted by atomic mass is 10.0. The zero-order chi connectivity index (χ0) is 91.3. The quantitative estimate of drug-likeness (QED) is 0.00646. The molecule has 2 aromatic heterocycles. The van der Waals surface area contributed by atoms with Crippen LogP contribution in [0, 0.1) is 10.8 Å². The first-order valence-corrected chi connectivity index (χ1v) is 43.6. The number of guanidine groups is 2. The highest BCUT2D eigenvalue weighted by molar-refractivity contribution is 8.76. The number of unbranched alkanes of at least 4 members (excludes halogenated alkanes) is 2. The number of benzene rings is 2. The molecule has 44 nitrogen and oxygen atoms in total. The molecule has 6 rings (SSSR count). The van der Waals surface area contributed by atoms with E-state index in [0.29, 0.717) is 58.6 Å². The average Bonchev–Trinajstić information content (AvgIpc) is 1.68. The number of hydrogen-bond acceptors (Lipinski definition) is 24. The van der Waals surface area contributed by atoms with Crippen molar-refractivity contribution in [1.82, 2.24) is 94.2 Å². The van der Waals surface area contributed by atoms with Crippen LogP contribution in [-0.2, 0) is 99.1 Å². The Morgan fingerprint density at radius 2 is 0.806 bits per heavy atom. The number of nitrogens with two attached hydrogens (primary N) is 4. The van der Waals surface area contributed by atoms with Gasteiger partial charge in [0.15, 0.2) is 11.9 Å². The molecule has 4 aromatic rings. The van der Waals surface area contributed by atoms with Gasteiger partial charge in [-0.05, 0) is 101 Å². The van der Waals surface area contributed by atoms with Gasteiger partial charge < -0.3 is 127 Å². The number of carboxylic acid groups (broad SMARTS) is 2. The molecule has 2 aliphatic heterocycles. The standard InChI is InChI=1S/C76H110N24O20S4/c1-39(65(111)97-53(37-121)63(77)109)89-71(117)55-19-11-25-99(55)73(119)51(29-41-33-85-45-15-5-3-13-43(41)45)95-69(115)49(31-61(105)106)93-59(103)35-87-67(113)47(17-7-9-23-83-75(79)80)91-57(101)21-27-123-124-28-22-58(102)92-48(18-8-10-24-84-76(81)82)68(114)88-36-60(104)94-50(32-62(107)108)70(116)96-52(30-42-34-86-46-16-6-4-14-44(42)46)74(120)100-26-12-20-56(100)72(118)90-40(2)66(112)98-54(38-122)64(78)110/h3-6,13-16,33-34,39-40,47-56,85-86,121-122H,7-12,17-32,35-38H2,1-2H3,(H2,77,109)(H2,78,110)(H,87,113)(H,88,114)(H,89,117)(H,90,118)(H,91,101)(H,92,102)(H,93,103)(H,94,104)(H,95,115)(H,96,116)(H,97,111)(H,98,112)(H,105,106)(H,107,108)(H4,79,80,83)(H4,81,82,84)/t39-,40-,47-,48-,49-,50-,51-,52-,53-,54-,55-,56-/m0/s1. The van der Waals surface area contributed by atoms with E-state index in [1.54, 1.807) is 60.9 Å². The molecule has 4 heterocycles. The number of carbonyl (C=O) groups is 18. The summed E-state index contributed by atoms with van der Waals surface area (Å²) in [4.78, 5) is 250. The van der Waals surface area contributed by atoms with Gasteiger partial charge in [0.25, 0.3) is 0 Å². The van der Waals surface area contributed by atoms with Crippen molar-refractivity contribution in [2.75, 3.05) is 62.3 Å². The highest BCUT2D eigenvalue weighted by atomic mass is 33.1. The second-order valence-corrected chi connectivity index (χ2v) is 32.7. The maximum Gasteiger partial charge on any atom is 0.305 e. The van der Waals surface area contributed by atoms with Crippen molar-refractivity contribution in [2.45, 2.75) is 189 Å². The van der Waals surface area contributed by atoms with Gasteiger partial charge in [-0.3, -0.25) is 97.1 Å². The fourth-order valence-corrected chi connectivity index (χ4v) is 16.0. The van der Waals surface area contributed by atoms with Crippen LogP contribution in [0.3, 0.4) is 0 Å². The summed E-state index contributed by atoms with van der Waals surface area (Å²) in [5, 5.41) is 71.3. The van der Waals surface area contributed by atoms with Crippen LogP contribution in [0.15, 0.2) is 60.9 Å². The lowest BCUT2D eigenvalue weighted by Crippen LogP contribution is -2.59. The summed E-state index contributed by atoms with van der Waals surface area (Å²) < 4.78 is 0. The van der Waals surface area contributed by atoms with Crippen LogP contribution in [0.1, 0.15) is 115 Å². The molecular weight excluding hydrogens is 1700 g/mol. The largest absolute Gasteiger partial charge is 0.481 e. The summed E-state index contributed by atoms with van der Waals surface area (Å²) in [6.07, 6.45) is 2.64. The normalized spacial score (nSPS) is 15.9. The Morgan fingerprint density at radius 1 is 0.452 bits per heavy atom. The minimum Gasteiger partial charge on any atom is -0.481 e. The zero-order valence-corrected chi connectivity index (χ0v) is 71.7. The molecule has 124 heavy (non-hydrogen) atoms. The zero-order valence-electron chi connectivity index (χ0n) is 68.2. The molecule has 0 spiro atoms. The number of hydrogen-bond donors (Lipinski definition) is 26. The molecule has 2 fully saturated rings. The molecular formula is C76H110N24O20S4. The van der Waals surface area contributed by atoms with E-state index >= 15 is 0 Å². The first-order valence-electron chi connectivity index (χ1n) is 39.9. The highest BCUT2D eigenvalue weighted by Gasteiger charge is 2.43. The molecule has 28 N–H and O–H groups in total. The SMILES string of the molecule is C[C@H](NC(=O)[C@@H]1CCCN1C(=O)[C@H](Cc1c[nH]c2ccccc12)NC(=O)[C@H](CC(=O)O)NC(=O)CNC(=O)[C@H](CCCCNC(=N)N)NC(=O)CCSSCCC(=O)N[C@@H](CCCCNC(=N)N)C(=O)NCC(=O)N[C@@H](CC(=O)O)C(=O)N[C@@H](Cc1c[nH]c2ccccc12)C(=O)N1CCC[C@H]1C(=O)N[C@@H](C)C(=O)N[C@@H](CS)C(N)=O)C(=O)N[C@@H](CS)C(N)=O. The van der Waals surface area contributed by atoms with Gasteiger partial charge >= 0.3 is 11.9 Å². The Labute approximate surface area is 731 Å². The Kier molecular flexibility index (Phi) is 41.5. The Bertz CT molecular complexity index is 4240. The number of nitrogens with zero attached hydrogens (tertiary/aromatic N) is 2. The van der Waals surface area contributed by atoms with Crippen LogP contribution in [0.4, 0.5) is 0 Å². The minimum atomic E-state index is -1.86. The lowest BCUT2D eigenvalue weighted by Gasteiger charge is -2.30. The maximum atomic E-state index is 14.7. The second kappa shape index (κ2) is 51.1. The molecule has 16 amide bonds. The van der Waals surface area contributed by atoms with Gasteiger partial charge in [-0.2, -0.15) is 25.3 Å². The summed E-state index contributed by atoms with van der Waals surface area (Å²) in [7, 11) is 2.36. The number of carbonyl (C=O) groups excluding carboxylic acids is 16. The summed E-state index contributed by atoms with van der Waals surface area (Å²) in [5.74, 6) is -17.3. The number of primary amides is 2. The Balaban J connectivity index is 1.03. The number of aliphatic carboxylic acids is 2. The van der Waals surface area contributed by atoms with E-state index in [2.05, 4.69) is 110 Å². The van der Waals surface area contributed by atoms with Crippen LogP contribution in [0.2, 0.25) is 0 Å². The third-order valence-electron chi connectivity index (χ3n) is 19.9. The fraction of sp³-hybridized carbons (Fsp3) is 0.526. The monoisotopic (exact) mass is 1810 g/mol. The van der Waals surface area contributed by atoms with Gasteiger partial charge in [0, 0.05) is 109 Å². The van der Waals surface area contributed by atoms with Crippen molar-refractivity contribution in [2.24, 2.45) is 22.9 Å². The van der Waals surface area contributed by atoms with E-state index in [4.69, 9.17) is 33.8 Å². The molecule has 2 aliphatic rings. The fourth-order valence-electron chi connectivity index (χ4n) is 13.4. The third-order valence-corrected chi connectivity index (χ3v) is 23.0. The summed E-state index contributed by atoms with van der Waals surface area (Å²) in [5.41, 5.74) is 24.0. The number of aromatic amines is 2. The van der Waals surface area contributed by atoms with Crippen molar-refractivity contribution in [3.63, 3.8) is 0 Å². The number of carboxylic acids is 2. The molecule has 0 unspecified atom stereocenters. The Hall–Kier alpha value is -12.1. The first kappa shape index (κ1) is 101. The Morgan fingerprint density at radius 3 is 1.15 bits per heavy atom. The predicted molar refractivity (Wildman–Crippen MR) is 462 cm³/mol. The molecule has 0 aliphatic carbocycles. The molecule has 0 bridgehead atoms. The van der Waals surface area contributed by atoms with Crippen LogP contribution >= 0.6 is 46.8 Å². The number of fused-ring (bicyclic) bond motifs is 2. The summed E-state index contributed by atoms with van der Waals surface area (Å²) in [6.45, 7) is 1.51. The number of thiol groups is 2. The van der Waals surface area contributed by atoms with Crippen molar-refractivity contribution >= 4 is 187 Å². The maximum absolute atomic E-state index is 14.7. The molecule has 2 aromatic carbocycles. The van der Waals surface area contributed by atoms with Crippen LogP contribution in [-0.4, -0.2) is 283 Å². The average molecular weight is 1810 g/mol. The van der Waals surface area contributed by atoms with Crippen LogP contribution in [0.5, 0.6) is 0 Å². The molecule has 678 valence electrons. The van der Waals surface area contributed by atoms with Crippen LogP contribution < -0.4 is 97.4 Å². The highest BCUT2D eigenvalue weighted by Crippen LogP contribution is 2.27. The van der Waals surface area contributed by atoms with E-state index in [-0.39, 0.29) is 125 Å². The molecule has 0 radical (unpaired) electrons. The second-order valence-electron chi connectivity index (χ2n) is 29.3. The number of H-pyrrole nitrogens is 2. The van der Waals surface area contributed by atoms with E-state index in [9.17, 15) is 96.5 Å². The van der Waals surface area contributed by atoms with Gasteiger partial charge in [-0.25, -0.2) is 0 Å². The lowest BCUT2D eigenvalue weighted by molar-refractivity contribution is -0.144. The minimum absolute atomic E-state index is 0.000680. The van der Waals surface area contributed by atoms with Gasteiger partial charge in [-0.15, -0.1) is 0 Å². The van der Waals surface area contributed by atoms with Crippen molar-refractivity contribution in [1.29, 1.82) is 10.8 Å². The van der Waals surface area contributed by atoms with E-state index in [1.165, 1.54) is 45.2 Å². The van der Waals surface area contributed by atoms with Gasteiger partial charge in [0.05, 0.1) is 25.9 Å². The van der Waals surface area contributed by atoms with Gasteiger partial charge in [-0.1, -0.05) is 58.0 Å². The summed E-state index contributed by atoms with van der Waals surface area (Å²) in [6, 6.07) is -2.18. The predicted octanol–water partition coefficient (Wildman–Crippen LogP) is -5.22. The number of para-hydroxylation sites is 2. The van der Waals surface area contributed by atoms with Gasteiger partial charge in [0.2, 0.25) is 94.5 Å². The molecule has 0 saturated carbocycles. The first-order chi connectivity index (χ1) is 59.0. The van der Waals surface area contributed by atoms with Gasteiger partial charge in [0.1, 0.15) is 72.5 Å². The number of nitrogens with one attached hydrogen (secondary N) is 18. The number of likely N-dealkylation sites (tertiary alicyclic amines) is 2. The number of amides is 16. The van der Waals surface area contributed by atoms with Crippen molar-refractivity contribution in [3.8, 4) is 0 Å². The molecule has 12 atom stereocenters.